The number of amides is 2. The summed E-state index contributed by atoms with van der Waals surface area (Å²) in [5, 5.41) is 3.08. The van der Waals surface area contributed by atoms with E-state index in [2.05, 4.69) is 22.2 Å². The van der Waals surface area contributed by atoms with Crippen molar-refractivity contribution in [3.05, 3.63) is 42.5 Å². The fourth-order valence-corrected chi connectivity index (χ4v) is 4.32. The number of carbonyl (C=O) groups excluding carboxylic acids is 2. The number of hydrogen-bond acceptors (Lipinski definition) is 6. The number of fused-ring (bicyclic) bond motifs is 1. The van der Waals surface area contributed by atoms with Crippen molar-refractivity contribution in [3.8, 4) is 11.5 Å². The molecule has 2 fully saturated rings. The lowest BCUT2D eigenvalue weighted by Crippen LogP contribution is -2.44. The normalized spacial score (nSPS) is 20.9. The van der Waals surface area contributed by atoms with Gasteiger partial charge in [0.25, 0.3) is 0 Å². The zero-order chi connectivity index (χ0) is 21.4. The minimum absolute atomic E-state index is 0.0635. The Morgan fingerprint density at radius 3 is 2.65 bits per heavy atom. The van der Waals surface area contributed by atoms with Gasteiger partial charge in [0.1, 0.15) is 0 Å². The first kappa shape index (κ1) is 19.7. The van der Waals surface area contributed by atoms with E-state index in [1.165, 1.54) is 0 Å². The Hall–Kier alpha value is -3.26. The largest absolute Gasteiger partial charge is 0.454 e. The summed E-state index contributed by atoms with van der Waals surface area (Å²) in [4.78, 5) is 31.9. The molecule has 31 heavy (non-hydrogen) atoms. The third-order valence-corrected chi connectivity index (χ3v) is 6.17. The summed E-state index contributed by atoms with van der Waals surface area (Å²) in [5.74, 6) is 0.701. The molecule has 8 heteroatoms. The van der Waals surface area contributed by atoms with Crippen LogP contribution in [0.15, 0.2) is 42.5 Å². The molecule has 0 saturated carbocycles. The molecule has 8 nitrogen and oxygen atoms in total. The van der Waals surface area contributed by atoms with Crippen molar-refractivity contribution in [2.45, 2.75) is 6.42 Å². The second kappa shape index (κ2) is 8.11. The van der Waals surface area contributed by atoms with Crippen LogP contribution in [0.4, 0.5) is 17.1 Å². The Morgan fingerprint density at radius 2 is 1.81 bits per heavy atom. The zero-order valence-corrected chi connectivity index (χ0v) is 17.5. The van der Waals surface area contributed by atoms with Gasteiger partial charge in [0.05, 0.1) is 17.3 Å². The Bertz CT molecular complexity index is 1000. The molecule has 1 unspecified atom stereocenters. The number of rotatable bonds is 4. The molecule has 2 aromatic rings. The van der Waals surface area contributed by atoms with E-state index in [4.69, 9.17) is 9.47 Å². The van der Waals surface area contributed by atoms with Crippen LogP contribution >= 0.6 is 0 Å². The molecule has 3 aliphatic heterocycles. The summed E-state index contributed by atoms with van der Waals surface area (Å²) >= 11 is 0. The molecule has 0 radical (unpaired) electrons. The van der Waals surface area contributed by atoms with Crippen LogP contribution < -0.4 is 24.6 Å². The summed E-state index contributed by atoms with van der Waals surface area (Å²) in [6.45, 7) is 4.35. The van der Waals surface area contributed by atoms with Gasteiger partial charge < -0.3 is 29.5 Å². The van der Waals surface area contributed by atoms with E-state index < -0.39 is 5.92 Å². The lowest BCUT2D eigenvalue weighted by Gasteiger charge is -2.35. The van der Waals surface area contributed by atoms with Gasteiger partial charge in [0.2, 0.25) is 18.6 Å². The number of nitrogens with zero attached hydrogens (tertiary/aromatic N) is 3. The first-order valence-corrected chi connectivity index (χ1v) is 10.6. The fourth-order valence-electron chi connectivity index (χ4n) is 4.32. The first-order chi connectivity index (χ1) is 15.1. The second-order valence-corrected chi connectivity index (χ2v) is 8.24. The van der Waals surface area contributed by atoms with Crippen molar-refractivity contribution in [3.63, 3.8) is 0 Å². The van der Waals surface area contributed by atoms with Crippen LogP contribution in [0.5, 0.6) is 11.5 Å². The third-order valence-electron chi connectivity index (χ3n) is 6.17. The predicted molar refractivity (Wildman–Crippen MR) is 118 cm³/mol. The average Bonchev–Trinajstić information content (AvgIpc) is 3.40. The lowest BCUT2D eigenvalue weighted by atomic mass is 10.1. The Balaban J connectivity index is 1.28. The van der Waals surface area contributed by atoms with Crippen molar-refractivity contribution in [1.82, 2.24) is 4.90 Å². The van der Waals surface area contributed by atoms with E-state index in [1.54, 1.807) is 17.0 Å². The maximum absolute atomic E-state index is 13.1. The van der Waals surface area contributed by atoms with Crippen LogP contribution in [0, 0.1) is 5.92 Å². The van der Waals surface area contributed by atoms with E-state index >= 15 is 0 Å². The highest BCUT2D eigenvalue weighted by Gasteiger charge is 2.36. The molecule has 5 rings (SSSR count). The van der Waals surface area contributed by atoms with E-state index in [9.17, 15) is 9.59 Å². The number of carbonyl (C=O) groups is 2. The minimum Gasteiger partial charge on any atom is -0.454 e. The van der Waals surface area contributed by atoms with Crippen molar-refractivity contribution < 1.29 is 19.1 Å². The molecule has 3 aliphatic rings. The van der Waals surface area contributed by atoms with Gasteiger partial charge in [0.15, 0.2) is 11.5 Å². The number of piperazine rings is 1. The molecule has 2 amide bonds. The van der Waals surface area contributed by atoms with E-state index in [1.807, 2.05) is 30.3 Å². The quantitative estimate of drug-likeness (QED) is 0.814. The monoisotopic (exact) mass is 422 g/mol. The number of hydrogen-bond donors (Lipinski definition) is 1. The maximum Gasteiger partial charge on any atom is 0.231 e. The maximum atomic E-state index is 13.1. The molecule has 0 spiro atoms. The van der Waals surface area contributed by atoms with Crippen LogP contribution in [0.25, 0.3) is 0 Å². The van der Waals surface area contributed by atoms with Crippen molar-refractivity contribution in [1.29, 1.82) is 0 Å². The number of nitrogens with one attached hydrogen (secondary N) is 1. The second-order valence-electron chi connectivity index (χ2n) is 8.24. The number of benzene rings is 2. The van der Waals surface area contributed by atoms with Gasteiger partial charge in [-0.2, -0.15) is 0 Å². The summed E-state index contributed by atoms with van der Waals surface area (Å²) in [6, 6.07) is 13.3. The smallest absolute Gasteiger partial charge is 0.231 e. The summed E-state index contributed by atoms with van der Waals surface area (Å²) < 4.78 is 10.8. The Morgan fingerprint density at radius 1 is 1.03 bits per heavy atom. The van der Waals surface area contributed by atoms with Crippen LogP contribution in [0.3, 0.4) is 0 Å². The highest BCUT2D eigenvalue weighted by Crippen LogP contribution is 2.37. The molecular formula is C23H26N4O4. The third kappa shape index (κ3) is 3.90. The summed E-state index contributed by atoms with van der Waals surface area (Å²) in [5.41, 5.74) is 2.55. The summed E-state index contributed by atoms with van der Waals surface area (Å²) in [7, 11) is 2.12. The summed E-state index contributed by atoms with van der Waals surface area (Å²) in [6.07, 6.45) is 0.191. The number of ether oxygens (including phenoxy) is 2. The number of likely N-dealkylation sites (N-methyl/N-ethyl adjacent to an activating group) is 1. The topological polar surface area (TPSA) is 74.4 Å². The standard InChI is InChI=1S/C23H26N4O4/c1-25-8-10-26(11-9-25)19-5-3-2-4-18(19)24-23(29)16-12-22(28)27(14-16)17-6-7-20-21(13-17)31-15-30-20/h2-7,13,16H,8-12,14-15H2,1H3,(H,24,29). The molecule has 162 valence electrons. The number of anilines is 3. The van der Waals surface area contributed by atoms with Gasteiger partial charge in [-0.3, -0.25) is 9.59 Å². The van der Waals surface area contributed by atoms with Crippen LogP contribution in [0.2, 0.25) is 0 Å². The van der Waals surface area contributed by atoms with Crippen LogP contribution in [0.1, 0.15) is 6.42 Å². The molecule has 1 atom stereocenters. The van der Waals surface area contributed by atoms with Crippen LogP contribution in [-0.4, -0.2) is 63.3 Å². The van der Waals surface area contributed by atoms with Crippen LogP contribution in [-0.2, 0) is 9.59 Å². The minimum atomic E-state index is -0.404. The molecule has 1 N–H and O–H groups in total. The van der Waals surface area contributed by atoms with Crippen molar-refractivity contribution in [2.75, 3.05) is 61.7 Å². The molecular weight excluding hydrogens is 396 g/mol. The lowest BCUT2D eigenvalue weighted by molar-refractivity contribution is -0.122. The first-order valence-electron chi connectivity index (χ1n) is 10.6. The van der Waals surface area contributed by atoms with E-state index in [-0.39, 0.29) is 25.0 Å². The molecule has 2 saturated heterocycles. The zero-order valence-electron chi connectivity index (χ0n) is 17.5. The van der Waals surface area contributed by atoms with Gasteiger partial charge in [-0.15, -0.1) is 0 Å². The highest BCUT2D eigenvalue weighted by molar-refractivity contribution is 6.04. The molecule has 2 aromatic carbocycles. The Kier molecular flexibility index (Phi) is 5.15. The van der Waals surface area contributed by atoms with Gasteiger partial charge in [-0.25, -0.2) is 0 Å². The van der Waals surface area contributed by atoms with Crippen molar-refractivity contribution in [2.24, 2.45) is 5.92 Å². The Labute approximate surface area is 181 Å². The average molecular weight is 422 g/mol. The highest BCUT2D eigenvalue weighted by atomic mass is 16.7. The van der Waals surface area contributed by atoms with Crippen molar-refractivity contribution >= 4 is 28.9 Å². The SMILES string of the molecule is CN1CCN(c2ccccc2NC(=O)C2CC(=O)N(c3ccc4c(c3)OCO4)C2)CC1. The van der Waals surface area contributed by atoms with Gasteiger partial charge in [0, 0.05) is 50.9 Å². The fraction of sp³-hybridized carbons (Fsp3) is 0.391. The van der Waals surface area contributed by atoms with E-state index in [0.29, 0.717) is 18.0 Å². The predicted octanol–water partition coefficient (Wildman–Crippen LogP) is 2.16. The van der Waals surface area contributed by atoms with Gasteiger partial charge in [-0.05, 0) is 31.3 Å². The molecule has 0 aliphatic carbocycles. The van der Waals surface area contributed by atoms with Gasteiger partial charge in [-0.1, -0.05) is 12.1 Å². The molecule has 3 heterocycles. The molecule has 0 bridgehead atoms. The van der Waals surface area contributed by atoms with E-state index in [0.717, 1.165) is 43.2 Å². The number of para-hydroxylation sites is 2. The molecule has 0 aromatic heterocycles. The van der Waals surface area contributed by atoms with Gasteiger partial charge >= 0.3 is 0 Å².